The van der Waals surface area contributed by atoms with E-state index in [2.05, 4.69) is 19.9 Å². The maximum atomic E-state index is 11.8. The Bertz CT molecular complexity index is 347. The van der Waals surface area contributed by atoms with E-state index in [1.165, 1.54) is 0 Å². The van der Waals surface area contributed by atoms with Crippen LogP contribution in [0.3, 0.4) is 0 Å². The summed E-state index contributed by atoms with van der Waals surface area (Å²) in [5.41, 5.74) is 0. The quantitative estimate of drug-likeness (QED) is 0.283. The first kappa shape index (κ1) is 23.1. The minimum atomic E-state index is -0.967. The van der Waals surface area contributed by atoms with Crippen molar-refractivity contribution in [1.29, 1.82) is 0 Å². The molecule has 0 aromatic carbocycles. The standard InChI is InChI=1S/C20H39NO3/c1-5-9-12-13-14-18(22)17-21(15-10-6-2,16-11-7-3)19(8-4)20(23)24/h5,9,18-19,22H,6-8,10-17H2,1-4H3/b9-5+. The Morgan fingerprint density at radius 2 is 1.71 bits per heavy atom. The summed E-state index contributed by atoms with van der Waals surface area (Å²) in [7, 11) is 0. The predicted octanol–water partition coefficient (Wildman–Crippen LogP) is 3.04. The predicted molar refractivity (Wildman–Crippen MR) is 98.4 cm³/mol. The topological polar surface area (TPSA) is 60.4 Å². The van der Waals surface area contributed by atoms with Crippen molar-refractivity contribution in [3.8, 4) is 0 Å². The Morgan fingerprint density at radius 1 is 1.12 bits per heavy atom. The second-order valence-corrected chi connectivity index (χ2v) is 6.95. The van der Waals surface area contributed by atoms with Crippen LogP contribution in [-0.2, 0) is 4.79 Å². The van der Waals surface area contributed by atoms with Gasteiger partial charge in [-0.2, -0.15) is 0 Å². The van der Waals surface area contributed by atoms with Crippen LogP contribution in [0.25, 0.3) is 0 Å². The molecule has 0 heterocycles. The average Bonchev–Trinajstić information content (AvgIpc) is 2.55. The molecule has 0 aromatic rings. The van der Waals surface area contributed by atoms with Crippen LogP contribution < -0.4 is 5.11 Å². The number of nitrogens with zero attached hydrogens (tertiary/aromatic N) is 1. The molecular formula is C20H39NO3. The molecule has 0 bridgehead atoms. The van der Waals surface area contributed by atoms with Crippen LogP contribution in [0.4, 0.5) is 0 Å². The van der Waals surface area contributed by atoms with Gasteiger partial charge in [0.25, 0.3) is 0 Å². The fourth-order valence-electron chi connectivity index (χ4n) is 3.61. The van der Waals surface area contributed by atoms with Gasteiger partial charge in [-0.25, -0.2) is 0 Å². The van der Waals surface area contributed by atoms with Crippen LogP contribution in [0.2, 0.25) is 0 Å². The lowest BCUT2D eigenvalue weighted by Crippen LogP contribution is -2.64. The minimum Gasteiger partial charge on any atom is -0.544 e. The largest absolute Gasteiger partial charge is 0.544 e. The number of carboxylic acid groups (broad SMARTS) is 1. The molecule has 4 nitrogen and oxygen atoms in total. The highest BCUT2D eigenvalue weighted by Crippen LogP contribution is 2.23. The zero-order valence-electron chi connectivity index (χ0n) is 16.3. The normalized spacial score (nSPS) is 14.9. The number of carboxylic acids is 1. The van der Waals surface area contributed by atoms with Crippen molar-refractivity contribution in [1.82, 2.24) is 0 Å². The third-order valence-corrected chi connectivity index (χ3v) is 4.95. The Balaban J connectivity index is 5.17. The summed E-state index contributed by atoms with van der Waals surface area (Å²) in [6.45, 7) is 10.3. The molecule has 24 heavy (non-hydrogen) atoms. The van der Waals surface area contributed by atoms with E-state index < -0.39 is 18.1 Å². The number of carbonyl (C=O) groups is 1. The molecule has 0 aliphatic heterocycles. The van der Waals surface area contributed by atoms with Crippen molar-refractivity contribution in [2.24, 2.45) is 0 Å². The molecular weight excluding hydrogens is 302 g/mol. The van der Waals surface area contributed by atoms with Crippen LogP contribution in [0.5, 0.6) is 0 Å². The van der Waals surface area contributed by atoms with Crippen molar-refractivity contribution >= 4 is 5.97 Å². The lowest BCUT2D eigenvalue weighted by atomic mass is 10.0. The number of hydrogen-bond donors (Lipinski definition) is 1. The highest BCUT2D eigenvalue weighted by Gasteiger charge is 2.37. The third-order valence-electron chi connectivity index (χ3n) is 4.95. The highest BCUT2D eigenvalue weighted by atomic mass is 16.4. The summed E-state index contributed by atoms with van der Waals surface area (Å²) < 4.78 is 0.477. The van der Waals surface area contributed by atoms with E-state index >= 15 is 0 Å². The second-order valence-electron chi connectivity index (χ2n) is 6.95. The number of rotatable bonds is 15. The van der Waals surface area contributed by atoms with Gasteiger partial charge in [0.1, 0.15) is 18.7 Å². The summed E-state index contributed by atoms with van der Waals surface area (Å²) >= 11 is 0. The van der Waals surface area contributed by atoms with Gasteiger partial charge in [-0.3, -0.25) is 0 Å². The van der Waals surface area contributed by atoms with Gasteiger partial charge in [-0.05, 0) is 39.0 Å². The highest BCUT2D eigenvalue weighted by molar-refractivity contribution is 5.69. The minimum absolute atomic E-state index is 0.447. The molecule has 0 aliphatic rings. The average molecular weight is 342 g/mol. The molecule has 0 aromatic heterocycles. The molecule has 0 spiro atoms. The van der Waals surface area contributed by atoms with Gasteiger partial charge in [0.15, 0.2) is 0 Å². The van der Waals surface area contributed by atoms with Gasteiger partial charge in [0.2, 0.25) is 0 Å². The zero-order chi connectivity index (χ0) is 18.4. The van der Waals surface area contributed by atoms with Gasteiger partial charge in [-0.1, -0.05) is 45.8 Å². The zero-order valence-corrected chi connectivity index (χ0v) is 16.3. The van der Waals surface area contributed by atoms with Crippen LogP contribution in [-0.4, -0.2) is 47.3 Å². The molecule has 4 heteroatoms. The van der Waals surface area contributed by atoms with Crippen molar-refractivity contribution in [3.63, 3.8) is 0 Å². The number of quaternary nitrogens is 1. The van der Waals surface area contributed by atoms with Gasteiger partial charge >= 0.3 is 0 Å². The Labute approximate surface area is 149 Å². The first-order valence-electron chi connectivity index (χ1n) is 9.83. The number of allylic oxidation sites excluding steroid dienone is 2. The number of aliphatic carboxylic acids is 1. The SMILES string of the molecule is C/C=C/CCCC(O)C[N+](CCCC)(CCCC)C(CC)C(=O)[O-]. The fourth-order valence-corrected chi connectivity index (χ4v) is 3.61. The molecule has 1 N–H and O–H groups in total. The van der Waals surface area contributed by atoms with E-state index in [0.717, 1.165) is 58.0 Å². The number of aliphatic hydroxyl groups excluding tert-OH is 1. The van der Waals surface area contributed by atoms with Crippen molar-refractivity contribution in [3.05, 3.63) is 12.2 Å². The van der Waals surface area contributed by atoms with Gasteiger partial charge in [0.05, 0.1) is 19.1 Å². The van der Waals surface area contributed by atoms with Crippen LogP contribution >= 0.6 is 0 Å². The smallest absolute Gasteiger partial charge is 0.129 e. The maximum Gasteiger partial charge on any atom is 0.129 e. The first-order chi connectivity index (χ1) is 11.5. The Kier molecular flexibility index (Phi) is 12.9. The fraction of sp³-hybridized carbons (Fsp3) is 0.850. The van der Waals surface area contributed by atoms with E-state index in [-0.39, 0.29) is 0 Å². The van der Waals surface area contributed by atoms with Crippen LogP contribution in [0, 0.1) is 0 Å². The number of aliphatic hydroxyl groups is 1. The maximum absolute atomic E-state index is 11.8. The summed E-state index contributed by atoms with van der Waals surface area (Å²) in [6.07, 6.45) is 10.9. The first-order valence-corrected chi connectivity index (χ1v) is 9.83. The van der Waals surface area contributed by atoms with Gasteiger partial charge < -0.3 is 19.5 Å². The summed E-state index contributed by atoms with van der Waals surface area (Å²) in [5.74, 6) is -0.967. The Morgan fingerprint density at radius 3 is 2.12 bits per heavy atom. The van der Waals surface area contributed by atoms with E-state index in [1.54, 1.807) is 0 Å². The summed E-state index contributed by atoms with van der Waals surface area (Å²) in [5, 5.41) is 22.3. The van der Waals surface area contributed by atoms with E-state index in [0.29, 0.717) is 17.4 Å². The van der Waals surface area contributed by atoms with Gasteiger partial charge in [0, 0.05) is 6.42 Å². The Hall–Kier alpha value is -0.870. The lowest BCUT2D eigenvalue weighted by molar-refractivity contribution is -0.948. The molecule has 0 aliphatic carbocycles. The van der Waals surface area contributed by atoms with E-state index in [4.69, 9.17) is 0 Å². The molecule has 2 unspecified atom stereocenters. The molecule has 0 saturated carbocycles. The molecule has 0 rings (SSSR count). The number of carbonyl (C=O) groups excluding carboxylic acids is 1. The van der Waals surface area contributed by atoms with Gasteiger partial charge in [-0.15, -0.1) is 0 Å². The number of hydrogen-bond acceptors (Lipinski definition) is 3. The molecule has 2 atom stereocenters. The molecule has 142 valence electrons. The van der Waals surface area contributed by atoms with Crippen LogP contribution in [0.1, 0.15) is 79.1 Å². The van der Waals surface area contributed by atoms with Crippen LogP contribution in [0.15, 0.2) is 12.2 Å². The molecule has 0 saturated heterocycles. The summed E-state index contributed by atoms with van der Waals surface area (Å²) in [4.78, 5) is 11.8. The van der Waals surface area contributed by atoms with E-state index in [1.807, 2.05) is 19.9 Å². The molecule has 0 radical (unpaired) electrons. The molecule has 0 amide bonds. The van der Waals surface area contributed by atoms with E-state index in [9.17, 15) is 15.0 Å². The van der Waals surface area contributed by atoms with Crippen molar-refractivity contribution in [2.45, 2.75) is 91.2 Å². The monoisotopic (exact) mass is 341 g/mol. The lowest BCUT2D eigenvalue weighted by Gasteiger charge is -2.46. The molecule has 0 fully saturated rings. The number of unbranched alkanes of at least 4 members (excludes halogenated alkanes) is 3. The van der Waals surface area contributed by atoms with Crippen molar-refractivity contribution in [2.75, 3.05) is 19.6 Å². The summed E-state index contributed by atoms with van der Waals surface area (Å²) in [6, 6.07) is -0.520. The third kappa shape index (κ3) is 8.29. The second kappa shape index (κ2) is 13.4. The van der Waals surface area contributed by atoms with Crippen molar-refractivity contribution < 1.29 is 19.5 Å².